The summed E-state index contributed by atoms with van der Waals surface area (Å²) in [6, 6.07) is 0. The first kappa shape index (κ1) is 12.4. The van der Waals surface area contributed by atoms with Gasteiger partial charge >= 0.3 is 0 Å². The van der Waals surface area contributed by atoms with Crippen molar-refractivity contribution in [3.05, 3.63) is 0 Å². The van der Waals surface area contributed by atoms with E-state index in [0.717, 1.165) is 44.3 Å². The summed E-state index contributed by atoms with van der Waals surface area (Å²) < 4.78 is 5.39. The maximum atomic E-state index is 12.2. The zero-order chi connectivity index (χ0) is 11.4. The Morgan fingerprint density at radius 1 is 1.38 bits per heavy atom. The minimum absolute atomic E-state index is 0.128. The summed E-state index contributed by atoms with van der Waals surface area (Å²) in [5.41, 5.74) is 0. The molecule has 4 heteroatoms. The summed E-state index contributed by atoms with van der Waals surface area (Å²) in [5.74, 6) is 1.09. The lowest BCUT2D eigenvalue weighted by Crippen LogP contribution is -2.45. The van der Waals surface area contributed by atoms with Crippen LogP contribution in [0.5, 0.6) is 0 Å². The van der Waals surface area contributed by atoms with Gasteiger partial charge in [0.15, 0.2) is 0 Å². The second-order valence-electron chi connectivity index (χ2n) is 4.86. The summed E-state index contributed by atoms with van der Waals surface area (Å²) in [4.78, 5) is 14.3. The van der Waals surface area contributed by atoms with E-state index < -0.39 is 0 Å². The van der Waals surface area contributed by atoms with Crippen LogP contribution in [0.3, 0.4) is 0 Å². The molecule has 0 saturated carbocycles. The molecule has 0 radical (unpaired) electrons. The molecule has 0 bridgehead atoms. The molecule has 2 heterocycles. The van der Waals surface area contributed by atoms with Gasteiger partial charge in [0, 0.05) is 25.0 Å². The number of amides is 1. The third kappa shape index (κ3) is 2.98. The van der Waals surface area contributed by atoms with Gasteiger partial charge in [0.2, 0.25) is 5.91 Å². The van der Waals surface area contributed by atoms with Crippen molar-refractivity contribution >= 4 is 21.8 Å². The van der Waals surface area contributed by atoms with Crippen LogP contribution < -0.4 is 0 Å². The average Bonchev–Trinajstić information content (AvgIpc) is 2.39. The molecule has 2 saturated heterocycles. The second-order valence-corrected chi connectivity index (χ2v) is 5.51. The Balaban J connectivity index is 1.87. The van der Waals surface area contributed by atoms with Gasteiger partial charge in [-0.1, -0.05) is 15.9 Å². The van der Waals surface area contributed by atoms with E-state index in [1.54, 1.807) is 0 Å². The summed E-state index contributed by atoms with van der Waals surface area (Å²) >= 11 is 3.52. The number of likely N-dealkylation sites (tertiary alicyclic amines) is 1. The monoisotopic (exact) mass is 289 g/mol. The highest BCUT2D eigenvalue weighted by Gasteiger charge is 2.29. The summed E-state index contributed by atoms with van der Waals surface area (Å²) in [6.45, 7) is 3.33. The molecule has 2 rings (SSSR count). The highest BCUT2D eigenvalue weighted by molar-refractivity contribution is 9.09. The average molecular weight is 290 g/mol. The molecule has 0 spiro atoms. The van der Waals surface area contributed by atoms with Crippen LogP contribution in [-0.4, -0.2) is 42.4 Å². The van der Waals surface area contributed by atoms with E-state index in [-0.39, 0.29) is 5.92 Å². The number of carbonyl (C=O) groups is 1. The van der Waals surface area contributed by atoms with Crippen LogP contribution in [0.2, 0.25) is 0 Å². The van der Waals surface area contributed by atoms with Crippen molar-refractivity contribution in [2.45, 2.75) is 25.7 Å². The van der Waals surface area contributed by atoms with Crippen molar-refractivity contribution in [1.82, 2.24) is 4.90 Å². The maximum absolute atomic E-state index is 12.2. The van der Waals surface area contributed by atoms with Gasteiger partial charge < -0.3 is 9.64 Å². The lowest BCUT2D eigenvalue weighted by molar-refractivity contribution is -0.141. The predicted molar refractivity (Wildman–Crippen MR) is 66.6 cm³/mol. The third-order valence-corrected chi connectivity index (χ3v) is 4.47. The van der Waals surface area contributed by atoms with Crippen molar-refractivity contribution < 1.29 is 9.53 Å². The van der Waals surface area contributed by atoms with Gasteiger partial charge in [-0.2, -0.15) is 0 Å². The molecule has 0 aromatic heterocycles. The minimum Gasteiger partial charge on any atom is -0.381 e. The Bertz CT molecular complexity index is 241. The molecule has 2 aliphatic heterocycles. The number of piperidine rings is 1. The Kier molecular flexibility index (Phi) is 4.65. The van der Waals surface area contributed by atoms with Gasteiger partial charge in [0.25, 0.3) is 0 Å². The number of nitrogens with zero attached hydrogens (tertiary/aromatic N) is 1. The van der Waals surface area contributed by atoms with Crippen molar-refractivity contribution in [3.8, 4) is 0 Å². The van der Waals surface area contributed by atoms with Crippen LogP contribution in [0.15, 0.2) is 0 Å². The third-order valence-electron chi connectivity index (χ3n) is 3.56. The van der Waals surface area contributed by atoms with E-state index in [1.165, 1.54) is 6.42 Å². The van der Waals surface area contributed by atoms with Crippen LogP contribution >= 0.6 is 15.9 Å². The first-order chi connectivity index (χ1) is 7.81. The molecule has 2 atom stereocenters. The summed E-state index contributed by atoms with van der Waals surface area (Å²) in [7, 11) is 0. The van der Waals surface area contributed by atoms with Crippen LogP contribution in [-0.2, 0) is 9.53 Å². The molecule has 0 aromatic rings. The van der Waals surface area contributed by atoms with Crippen molar-refractivity contribution in [2.24, 2.45) is 11.8 Å². The number of hydrogen-bond donors (Lipinski definition) is 0. The van der Waals surface area contributed by atoms with E-state index in [4.69, 9.17) is 4.74 Å². The van der Waals surface area contributed by atoms with E-state index >= 15 is 0 Å². The maximum Gasteiger partial charge on any atom is 0.228 e. The Morgan fingerprint density at radius 2 is 2.25 bits per heavy atom. The molecule has 2 unspecified atom stereocenters. The number of halogens is 1. The number of rotatable bonds is 2. The van der Waals surface area contributed by atoms with Crippen molar-refractivity contribution in [2.75, 3.05) is 31.6 Å². The molecular weight excluding hydrogens is 270 g/mol. The Labute approximate surface area is 106 Å². The molecule has 0 aromatic carbocycles. The van der Waals surface area contributed by atoms with E-state index in [1.807, 2.05) is 0 Å². The SMILES string of the molecule is O=C(C1CCCOC1)N1CCCC(CBr)C1. The standard InChI is InChI=1S/C12H20BrNO2/c13-7-10-3-1-5-14(8-10)12(15)11-4-2-6-16-9-11/h10-11H,1-9H2. The molecule has 92 valence electrons. The molecule has 0 N–H and O–H groups in total. The lowest BCUT2D eigenvalue weighted by atomic mass is 9.96. The van der Waals surface area contributed by atoms with Gasteiger partial charge in [-0.25, -0.2) is 0 Å². The van der Waals surface area contributed by atoms with Gasteiger partial charge in [0.1, 0.15) is 0 Å². The molecule has 16 heavy (non-hydrogen) atoms. The van der Waals surface area contributed by atoms with Crippen molar-refractivity contribution in [1.29, 1.82) is 0 Å². The van der Waals surface area contributed by atoms with Gasteiger partial charge in [-0.15, -0.1) is 0 Å². The molecule has 1 amide bonds. The Morgan fingerprint density at radius 3 is 2.94 bits per heavy atom. The van der Waals surface area contributed by atoms with Gasteiger partial charge in [-0.05, 0) is 31.6 Å². The lowest BCUT2D eigenvalue weighted by Gasteiger charge is -2.35. The predicted octanol–water partition coefficient (Wildman–Crippen LogP) is 2.05. The zero-order valence-corrected chi connectivity index (χ0v) is 11.2. The molecule has 3 nitrogen and oxygen atoms in total. The highest BCUT2D eigenvalue weighted by atomic mass is 79.9. The fraction of sp³-hybridized carbons (Fsp3) is 0.917. The van der Waals surface area contributed by atoms with Crippen LogP contribution in [0.4, 0.5) is 0 Å². The number of carbonyl (C=O) groups excluding carboxylic acids is 1. The minimum atomic E-state index is 0.128. The molecular formula is C12H20BrNO2. The topological polar surface area (TPSA) is 29.5 Å². The normalized spacial score (nSPS) is 31.4. The van der Waals surface area contributed by atoms with E-state index in [0.29, 0.717) is 18.4 Å². The quantitative estimate of drug-likeness (QED) is 0.728. The fourth-order valence-electron chi connectivity index (χ4n) is 2.58. The zero-order valence-electron chi connectivity index (χ0n) is 9.66. The highest BCUT2D eigenvalue weighted by Crippen LogP contribution is 2.22. The van der Waals surface area contributed by atoms with Gasteiger partial charge in [0.05, 0.1) is 12.5 Å². The van der Waals surface area contributed by atoms with E-state index in [2.05, 4.69) is 20.8 Å². The Hall–Kier alpha value is -0.0900. The fourth-order valence-corrected chi connectivity index (χ4v) is 3.11. The van der Waals surface area contributed by atoms with Crippen LogP contribution in [0.1, 0.15) is 25.7 Å². The second kappa shape index (κ2) is 6.01. The van der Waals surface area contributed by atoms with E-state index in [9.17, 15) is 4.79 Å². The number of alkyl halides is 1. The summed E-state index contributed by atoms with van der Waals surface area (Å²) in [5, 5.41) is 1.01. The smallest absolute Gasteiger partial charge is 0.228 e. The number of hydrogen-bond acceptors (Lipinski definition) is 2. The van der Waals surface area contributed by atoms with Crippen molar-refractivity contribution in [3.63, 3.8) is 0 Å². The largest absolute Gasteiger partial charge is 0.381 e. The van der Waals surface area contributed by atoms with Gasteiger partial charge in [-0.3, -0.25) is 4.79 Å². The molecule has 0 aliphatic carbocycles. The van der Waals surface area contributed by atoms with Crippen LogP contribution in [0, 0.1) is 11.8 Å². The number of ether oxygens (including phenoxy) is 1. The summed E-state index contributed by atoms with van der Waals surface area (Å²) in [6.07, 6.45) is 4.44. The molecule has 2 fully saturated rings. The first-order valence-electron chi connectivity index (χ1n) is 6.23. The molecule has 2 aliphatic rings. The van der Waals surface area contributed by atoms with Crippen LogP contribution in [0.25, 0.3) is 0 Å². The first-order valence-corrected chi connectivity index (χ1v) is 7.36.